The molecule has 2 aromatic carbocycles. The molecule has 5 rings (SSSR count). The number of aromatic amines is 1. The summed E-state index contributed by atoms with van der Waals surface area (Å²) in [6, 6.07) is 14.8. The SMILES string of the molecule is C=CC(=O)N1CCC(N(CC)c2cc(-c3ccc(CN4CCN(C(C)=O)CC4)cc3)cc(C(=O)NCc3c(C)cc(C)[nH]c3=O)c2C)CC1. The van der Waals surface area contributed by atoms with Crippen molar-refractivity contribution < 1.29 is 14.4 Å². The Morgan fingerprint density at radius 1 is 0.939 bits per heavy atom. The van der Waals surface area contributed by atoms with E-state index in [0.29, 0.717) is 24.2 Å². The average Bonchev–Trinajstić information content (AvgIpc) is 3.09. The Bertz CT molecular complexity index is 1750. The van der Waals surface area contributed by atoms with E-state index in [2.05, 4.69) is 63.9 Å². The molecule has 0 saturated carbocycles. The van der Waals surface area contributed by atoms with Crippen molar-refractivity contribution in [2.24, 2.45) is 0 Å². The maximum absolute atomic E-state index is 13.9. The van der Waals surface area contributed by atoms with Gasteiger partial charge in [0.1, 0.15) is 0 Å². The second kappa shape index (κ2) is 15.7. The molecule has 0 aliphatic carbocycles. The molecule has 0 unspecified atom stereocenters. The number of aromatic nitrogens is 1. The first-order chi connectivity index (χ1) is 23.5. The molecule has 3 heterocycles. The lowest BCUT2D eigenvalue weighted by molar-refractivity contribution is -0.130. The van der Waals surface area contributed by atoms with Crippen molar-refractivity contribution in [1.29, 1.82) is 0 Å². The lowest BCUT2D eigenvalue weighted by atomic mass is 9.94. The highest BCUT2D eigenvalue weighted by molar-refractivity contribution is 5.99. The molecule has 3 amide bonds. The van der Waals surface area contributed by atoms with Crippen molar-refractivity contribution in [3.63, 3.8) is 0 Å². The van der Waals surface area contributed by atoms with Crippen LogP contribution < -0.4 is 15.8 Å². The lowest BCUT2D eigenvalue weighted by Crippen LogP contribution is -2.47. The molecule has 260 valence electrons. The number of benzene rings is 2. The molecule has 2 fully saturated rings. The Hall–Kier alpha value is -4.70. The second-order valence-corrected chi connectivity index (χ2v) is 13.3. The van der Waals surface area contributed by atoms with Gasteiger partial charge in [-0.25, -0.2) is 0 Å². The largest absolute Gasteiger partial charge is 0.368 e. The van der Waals surface area contributed by atoms with Crippen LogP contribution >= 0.6 is 0 Å². The summed E-state index contributed by atoms with van der Waals surface area (Å²) in [7, 11) is 0. The van der Waals surface area contributed by atoms with E-state index in [9.17, 15) is 19.2 Å². The average molecular weight is 667 g/mol. The van der Waals surface area contributed by atoms with E-state index in [-0.39, 0.29) is 35.9 Å². The van der Waals surface area contributed by atoms with E-state index in [0.717, 1.165) is 85.7 Å². The molecule has 10 nitrogen and oxygen atoms in total. The molecular weight excluding hydrogens is 616 g/mol. The Morgan fingerprint density at radius 3 is 2.20 bits per heavy atom. The van der Waals surface area contributed by atoms with E-state index >= 15 is 0 Å². The highest BCUT2D eigenvalue weighted by Gasteiger charge is 2.28. The number of nitrogens with one attached hydrogen (secondary N) is 2. The standard InChI is InChI=1S/C39H50N6O4/c1-7-37(47)44-15-13-33(14-16-44)45(8-2)36-23-32(31-11-9-30(10-12-31)25-42-17-19-43(20-18-42)29(6)46)22-34(28(36)5)38(48)40-24-35-26(3)21-27(4)41-39(35)49/h7,9-12,21-23,33H,1,8,13-20,24-25H2,2-6H3,(H,40,48)(H,41,49). The van der Waals surface area contributed by atoms with Crippen molar-refractivity contribution in [2.75, 3.05) is 50.7 Å². The Morgan fingerprint density at radius 2 is 1.61 bits per heavy atom. The van der Waals surface area contributed by atoms with E-state index in [1.54, 1.807) is 6.92 Å². The van der Waals surface area contributed by atoms with E-state index < -0.39 is 0 Å². The van der Waals surface area contributed by atoms with Crippen molar-refractivity contribution in [1.82, 2.24) is 25.0 Å². The summed E-state index contributed by atoms with van der Waals surface area (Å²) >= 11 is 0. The molecule has 0 atom stereocenters. The van der Waals surface area contributed by atoms with E-state index in [1.807, 2.05) is 42.7 Å². The topological polar surface area (TPSA) is 109 Å². The minimum atomic E-state index is -0.233. The van der Waals surface area contributed by atoms with Crippen LogP contribution in [-0.2, 0) is 22.7 Å². The molecule has 49 heavy (non-hydrogen) atoms. The third-order valence-corrected chi connectivity index (χ3v) is 10.1. The monoisotopic (exact) mass is 666 g/mol. The number of H-pyrrole nitrogens is 1. The second-order valence-electron chi connectivity index (χ2n) is 13.3. The van der Waals surface area contributed by atoms with Gasteiger partial charge in [-0.2, -0.15) is 0 Å². The number of hydrogen-bond donors (Lipinski definition) is 2. The number of rotatable bonds is 10. The van der Waals surface area contributed by atoms with Crippen LogP contribution in [0.4, 0.5) is 5.69 Å². The molecule has 2 saturated heterocycles. The number of piperazine rings is 1. The maximum Gasteiger partial charge on any atom is 0.253 e. The molecule has 2 aliphatic rings. The molecule has 1 aromatic heterocycles. The highest BCUT2D eigenvalue weighted by Crippen LogP contribution is 2.34. The van der Waals surface area contributed by atoms with Gasteiger partial charge in [0.05, 0.1) is 0 Å². The Labute approximate surface area is 289 Å². The molecule has 10 heteroatoms. The smallest absolute Gasteiger partial charge is 0.253 e. The number of anilines is 1. The summed E-state index contributed by atoms with van der Waals surface area (Å²) in [5.41, 5.74) is 7.56. The Balaban J connectivity index is 1.43. The molecule has 0 spiro atoms. The number of carbonyl (C=O) groups is 3. The molecule has 2 N–H and O–H groups in total. The van der Waals surface area contributed by atoms with Gasteiger partial charge in [-0.15, -0.1) is 0 Å². The van der Waals surface area contributed by atoms with Crippen LogP contribution in [0.25, 0.3) is 11.1 Å². The first-order valence-corrected chi connectivity index (χ1v) is 17.4. The van der Waals surface area contributed by atoms with Crippen LogP contribution in [0.1, 0.15) is 65.0 Å². The fraction of sp³-hybridized carbons (Fsp3) is 0.436. The van der Waals surface area contributed by atoms with Gasteiger partial charge in [-0.1, -0.05) is 30.8 Å². The van der Waals surface area contributed by atoms with Crippen LogP contribution in [0.5, 0.6) is 0 Å². The van der Waals surface area contributed by atoms with Crippen molar-refractivity contribution in [2.45, 2.75) is 66.6 Å². The fourth-order valence-corrected chi connectivity index (χ4v) is 7.20. The number of nitrogens with zero attached hydrogens (tertiary/aromatic N) is 4. The summed E-state index contributed by atoms with van der Waals surface area (Å²) < 4.78 is 0. The van der Waals surface area contributed by atoms with Gasteiger partial charge in [0, 0.05) is 94.4 Å². The van der Waals surface area contributed by atoms with Gasteiger partial charge >= 0.3 is 0 Å². The fourth-order valence-electron chi connectivity index (χ4n) is 7.20. The van der Waals surface area contributed by atoms with Crippen LogP contribution in [0.15, 0.2) is 59.9 Å². The summed E-state index contributed by atoms with van der Waals surface area (Å²) in [5, 5.41) is 3.03. The van der Waals surface area contributed by atoms with Gasteiger partial charge in [0.25, 0.3) is 11.5 Å². The summed E-state index contributed by atoms with van der Waals surface area (Å²) in [4.78, 5) is 61.9. The number of pyridine rings is 1. The minimum Gasteiger partial charge on any atom is -0.368 e. The Kier molecular flexibility index (Phi) is 11.4. The van der Waals surface area contributed by atoms with Crippen LogP contribution in [-0.4, -0.2) is 89.3 Å². The van der Waals surface area contributed by atoms with Gasteiger partial charge in [0.2, 0.25) is 11.8 Å². The first-order valence-electron chi connectivity index (χ1n) is 17.4. The molecule has 0 radical (unpaired) electrons. The number of amides is 3. The van der Waals surface area contributed by atoms with Gasteiger partial charge < -0.3 is 25.0 Å². The molecule has 0 bridgehead atoms. The van der Waals surface area contributed by atoms with Gasteiger partial charge in [-0.05, 0) is 92.6 Å². The number of carbonyl (C=O) groups excluding carboxylic acids is 3. The zero-order chi connectivity index (χ0) is 35.2. The number of aryl methyl sites for hydroxylation is 2. The van der Waals surface area contributed by atoms with Gasteiger partial charge in [-0.3, -0.25) is 24.1 Å². The predicted octanol–water partition coefficient (Wildman–Crippen LogP) is 4.56. The third kappa shape index (κ3) is 8.31. The zero-order valence-electron chi connectivity index (χ0n) is 29.6. The summed E-state index contributed by atoms with van der Waals surface area (Å²) in [6.07, 6.45) is 3.02. The highest BCUT2D eigenvalue weighted by atomic mass is 16.2. The van der Waals surface area contributed by atoms with Crippen molar-refractivity contribution in [3.05, 3.63) is 99.0 Å². The summed E-state index contributed by atoms with van der Waals surface area (Å²) in [6.45, 7) is 19.3. The van der Waals surface area contributed by atoms with Gasteiger partial charge in [0.15, 0.2) is 0 Å². The third-order valence-electron chi connectivity index (χ3n) is 10.1. The molecule has 2 aliphatic heterocycles. The van der Waals surface area contributed by atoms with E-state index in [1.165, 1.54) is 11.6 Å². The maximum atomic E-state index is 13.9. The predicted molar refractivity (Wildman–Crippen MR) is 195 cm³/mol. The quantitative estimate of drug-likeness (QED) is 0.307. The minimum absolute atomic E-state index is 0.0388. The summed E-state index contributed by atoms with van der Waals surface area (Å²) in [5.74, 6) is -0.143. The lowest BCUT2D eigenvalue weighted by Gasteiger charge is -2.40. The van der Waals surface area contributed by atoms with Crippen molar-refractivity contribution in [3.8, 4) is 11.1 Å². The van der Waals surface area contributed by atoms with E-state index in [4.69, 9.17) is 0 Å². The van der Waals surface area contributed by atoms with Crippen LogP contribution in [0, 0.1) is 20.8 Å². The normalized spacial score (nSPS) is 15.6. The van der Waals surface area contributed by atoms with Crippen molar-refractivity contribution >= 4 is 23.4 Å². The van der Waals surface area contributed by atoms with Crippen LogP contribution in [0.3, 0.4) is 0 Å². The molecule has 3 aromatic rings. The first kappa shape index (κ1) is 35.6. The number of piperidine rings is 1. The zero-order valence-corrected chi connectivity index (χ0v) is 29.6. The van der Waals surface area contributed by atoms with Crippen LogP contribution in [0.2, 0.25) is 0 Å². The number of hydrogen-bond acceptors (Lipinski definition) is 6. The molecular formula is C39H50N6O4. The number of likely N-dealkylation sites (tertiary alicyclic amines) is 1.